The molecular formula is C40H24N4O. The van der Waals surface area contributed by atoms with Crippen molar-refractivity contribution in [3.63, 3.8) is 0 Å². The molecule has 0 bridgehead atoms. The van der Waals surface area contributed by atoms with Crippen molar-refractivity contribution < 1.29 is 4.42 Å². The zero-order valence-electron chi connectivity index (χ0n) is 24.1. The van der Waals surface area contributed by atoms with Crippen LogP contribution in [0.25, 0.3) is 88.4 Å². The molecule has 0 saturated heterocycles. The average Bonchev–Trinajstić information content (AvgIpc) is 3.75. The summed E-state index contributed by atoms with van der Waals surface area (Å²) in [6.45, 7) is 0. The van der Waals surface area contributed by atoms with E-state index in [1.807, 2.05) is 24.3 Å². The minimum absolute atomic E-state index is 0.624. The summed E-state index contributed by atoms with van der Waals surface area (Å²) in [6, 6.07) is 49.2. The zero-order chi connectivity index (χ0) is 29.5. The first-order valence-electron chi connectivity index (χ1n) is 15.1. The monoisotopic (exact) mass is 576 g/mol. The fraction of sp³-hybridized carbons (Fsp3) is 0. The molecule has 0 fully saturated rings. The third-order valence-electron chi connectivity index (χ3n) is 9.00. The van der Waals surface area contributed by atoms with Crippen LogP contribution in [0, 0.1) is 0 Å². The van der Waals surface area contributed by atoms with Crippen LogP contribution in [0.2, 0.25) is 0 Å². The van der Waals surface area contributed by atoms with Gasteiger partial charge >= 0.3 is 0 Å². The Labute approximate surface area is 257 Å². The molecule has 6 aromatic carbocycles. The lowest BCUT2D eigenvalue weighted by molar-refractivity contribution is 0.665. The van der Waals surface area contributed by atoms with E-state index in [9.17, 15) is 0 Å². The van der Waals surface area contributed by atoms with E-state index >= 15 is 0 Å². The Kier molecular flexibility index (Phi) is 4.93. The van der Waals surface area contributed by atoms with Gasteiger partial charge in [0.2, 0.25) is 5.95 Å². The van der Waals surface area contributed by atoms with Crippen LogP contribution in [0.15, 0.2) is 150 Å². The summed E-state index contributed by atoms with van der Waals surface area (Å²) in [5, 5.41) is 5.79. The Morgan fingerprint density at radius 1 is 0.444 bits per heavy atom. The van der Waals surface area contributed by atoms with Crippen LogP contribution in [-0.2, 0) is 0 Å². The number of hydrogen-bond acceptors (Lipinski definition) is 3. The first-order chi connectivity index (χ1) is 22.3. The molecule has 0 saturated carbocycles. The summed E-state index contributed by atoms with van der Waals surface area (Å²) in [4.78, 5) is 9.88. The predicted octanol–water partition coefficient (Wildman–Crippen LogP) is 10.2. The number of para-hydroxylation sites is 4. The third-order valence-corrected chi connectivity index (χ3v) is 9.00. The maximum Gasteiger partial charge on any atom is 0.235 e. The number of aromatic nitrogens is 4. The van der Waals surface area contributed by atoms with Crippen molar-refractivity contribution >= 4 is 65.7 Å². The van der Waals surface area contributed by atoms with Crippen molar-refractivity contribution in [2.45, 2.75) is 0 Å². The van der Waals surface area contributed by atoms with Crippen molar-refractivity contribution in [3.05, 3.63) is 146 Å². The molecule has 5 heteroatoms. The van der Waals surface area contributed by atoms with Gasteiger partial charge in [0.25, 0.3) is 0 Å². The molecule has 10 rings (SSSR count). The van der Waals surface area contributed by atoms with Crippen molar-refractivity contribution in [3.8, 4) is 22.8 Å². The number of benzene rings is 6. The number of fused-ring (bicyclic) bond motifs is 9. The van der Waals surface area contributed by atoms with E-state index in [2.05, 4.69) is 124 Å². The average molecular weight is 577 g/mol. The quantitative estimate of drug-likeness (QED) is 0.210. The van der Waals surface area contributed by atoms with E-state index in [1.165, 1.54) is 27.2 Å². The summed E-state index contributed by atoms with van der Waals surface area (Å²) in [7, 11) is 0. The van der Waals surface area contributed by atoms with Gasteiger partial charge in [0, 0.05) is 32.6 Å². The van der Waals surface area contributed by atoms with Gasteiger partial charge in [0.1, 0.15) is 11.1 Å². The van der Waals surface area contributed by atoms with Crippen LogP contribution in [0.1, 0.15) is 0 Å². The first kappa shape index (κ1) is 24.3. The van der Waals surface area contributed by atoms with E-state index in [0.717, 1.165) is 49.7 Å². The normalized spacial score (nSPS) is 12.0. The van der Waals surface area contributed by atoms with Crippen molar-refractivity contribution in [1.29, 1.82) is 0 Å². The lowest BCUT2D eigenvalue weighted by Crippen LogP contribution is -2.00. The van der Waals surface area contributed by atoms with Gasteiger partial charge in [-0.3, -0.25) is 4.57 Å². The van der Waals surface area contributed by atoms with Crippen LogP contribution < -0.4 is 0 Å². The minimum Gasteiger partial charge on any atom is -0.453 e. The highest BCUT2D eigenvalue weighted by atomic mass is 16.3. The predicted molar refractivity (Wildman–Crippen MR) is 183 cm³/mol. The van der Waals surface area contributed by atoms with Gasteiger partial charge < -0.3 is 8.98 Å². The molecule has 10 aromatic rings. The summed E-state index contributed by atoms with van der Waals surface area (Å²) in [6.07, 6.45) is 1.79. The topological polar surface area (TPSA) is 48.8 Å². The zero-order valence-corrected chi connectivity index (χ0v) is 24.1. The Hall–Kier alpha value is -6.20. The van der Waals surface area contributed by atoms with E-state index in [4.69, 9.17) is 14.4 Å². The second kappa shape index (κ2) is 9.15. The van der Waals surface area contributed by atoms with Gasteiger partial charge in [-0.1, -0.05) is 84.9 Å². The Balaban J connectivity index is 1.21. The molecule has 0 radical (unpaired) electrons. The third kappa shape index (κ3) is 3.49. The molecule has 0 N–H and O–H groups in total. The molecule has 0 aliphatic rings. The summed E-state index contributed by atoms with van der Waals surface area (Å²) >= 11 is 0. The van der Waals surface area contributed by atoms with Gasteiger partial charge in [0.05, 0.1) is 28.3 Å². The van der Waals surface area contributed by atoms with E-state index < -0.39 is 0 Å². The largest absolute Gasteiger partial charge is 0.453 e. The molecule has 0 atom stereocenters. The maximum absolute atomic E-state index is 6.04. The van der Waals surface area contributed by atoms with Gasteiger partial charge in [-0.2, -0.15) is 0 Å². The molecule has 5 nitrogen and oxygen atoms in total. The minimum atomic E-state index is 0.624. The molecule has 45 heavy (non-hydrogen) atoms. The molecule has 0 amide bonds. The Morgan fingerprint density at radius 3 is 1.91 bits per heavy atom. The second-order valence-corrected chi connectivity index (χ2v) is 11.5. The van der Waals surface area contributed by atoms with E-state index in [0.29, 0.717) is 11.5 Å². The van der Waals surface area contributed by atoms with Gasteiger partial charge in [0.15, 0.2) is 5.58 Å². The number of rotatable bonds is 3. The van der Waals surface area contributed by atoms with Crippen molar-refractivity contribution in [2.24, 2.45) is 0 Å². The van der Waals surface area contributed by atoms with Crippen LogP contribution in [-0.4, -0.2) is 19.1 Å². The van der Waals surface area contributed by atoms with Crippen LogP contribution in [0.5, 0.6) is 0 Å². The van der Waals surface area contributed by atoms with Crippen LogP contribution >= 0.6 is 0 Å². The molecule has 0 aliphatic heterocycles. The maximum atomic E-state index is 6.04. The highest BCUT2D eigenvalue weighted by Crippen LogP contribution is 2.38. The highest BCUT2D eigenvalue weighted by molar-refractivity contribution is 6.12. The number of nitrogens with zero attached hydrogens (tertiary/aromatic N) is 4. The molecule has 4 heterocycles. The van der Waals surface area contributed by atoms with Gasteiger partial charge in [-0.25, -0.2) is 9.97 Å². The highest BCUT2D eigenvalue weighted by Gasteiger charge is 2.18. The fourth-order valence-corrected chi connectivity index (χ4v) is 6.98. The van der Waals surface area contributed by atoms with Gasteiger partial charge in [-0.15, -0.1) is 0 Å². The van der Waals surface area contributed by atoms with E-state index in [-0.39, 0.29) is 0 Å². The van der Waals surface area contributed by atoms with Gasteiger partial charge in [-0.05, 0) is 65.7 Å². The summed E-state index contributed by atoms with van der Waals surface area (Å²) in [5.41, 5.74) is 10.3. The van der Waals surface area contributed by atoms with Crippen molar-refractivity contribution in [1.82, 2.24) is 19.1 Å². The molecule has 4 aromatic heterocycles. The summed E-state index contributed by atoms with van der Waals surface area (Å²) < 4.78 is 10.6. The van der Waals surface area contributed by atoms with Crippen LogP contribution in [0.3, 0.4) is 0 Å². The number of hydrogen-bond donors (Lipinski definition) is 0. The second-order valence-electron chi connectivity index (χ2n) is 11.5. The van der Waals surface area contributed by atoms with Crippen molar-refractivity contribution in [2.75, 3.05) is 0 Å². The number of furan rings is 1. The lowest BCUT2D eigenvalue weighted by atomic mass is 10.0. The molecule has 0 aliphatic carbocycles. The van der Waals surface area contributed by atoms with E-state index in [1.54, 1.807) is 6.20 Å². The standard InChI is InChI=1S/C40H24N4O/c1-2-10-27(11-3-1)43-33-15-7-5-13-29(33)32-22-25(19-21-35(32)43)26-18-20-30-28-12-4-8-16-34(28)44(36(30)23-26)40-41-24-38-39(42-40)31-14-6-9-17-37(31)45-38/h1-24H. The molecule has 210 valence electrons. The fourth-order valence-electron chi connectivity index (χ4n) is 6.98. The Morgan fingerprint density at radius 2 is 1.07 bits per heavy atom. The smallest absolute Gasteiger partial charge is 0.235 e. The SMILES string of the molecule is c1ccc(-n2c3ccccc3c3cc(-c4ccc5c6ccccc6n(-c6ncc7oc8ccccc8c7n6)c5c4)ccc32)cc1. The van der Waals surface area contributed by atoms with Crippen LogP contribution in [0.4, 0.5) is 0 Å². The molecule has 0 unspecified atom stereocenters. The Bertz CT molecular complexity index is 2770. The summed E-state index contributed by atoms with van der Waals surface area (Å²) in [5.74, 6) is 0.624. The molecular weight excluding hydrogens is 552 g/mol. The lowest BCUT2D eigenvalue weighted by Gasteiger charge is -2.09. The molecule has 0 spiro atoms. The first-order valence-corrected chi connectivity index (χ1v) is 15.1.